The van der Waals surface area contributed by atoms with Crippen LogP contribution in [0.3, 0.4) is 0 Å². The number of sulfonamides is 1. The van der Waals surface area contributed by atoms with Crippen LogP contribution >= 0.6 is 0 Å². The van der Waals surface area contributed by atoms with Crippen molar-refractivity contribution in [1.29, 1.82) is 0 Å². The summed E-state index contributed by atoms with van der Waals surface area (Å²) in [6, 6.07) is 2.60. The Hall–Kier alpha value is -1.80. The molecular formula is C12H18N2O5S. The lowest BCUT2D eigenvalue weighted by Crippen LogP contribution is -2.26. The first-order valence-electron chi connectivity index (χ1n) is 5.80. The molecule has 112 valence electrons. The van der Waals surface area contributed by atoms with Crippen LogP contribution in [0.5, 0.6) is 11.5 Å². The van der Waals surface area contributed by atoms with Crippen molar-refractivity contribution in [1.82, 2.24) is 4.90 Å². The molecular weight excluding hydrogens is 284 g/mol. The maximum atomic E-state index is 12.1. The average molecular weight is 302 g/mol. The molecule has 0 bridgehead atoms. The summed E-state index contributed by atoms with van der Waals surface area (Å²) >= 11 is 0. The number of carbonyl (C=O) groups is 1. The predicted octanol–water partition coefficient (Wildman–Crippen LogP) is 0.443. The van der Waals surface area contributed by atoms with Gasteiger partial charge >= 0.3 is 0 Å². The summed E-state index contributed by atoms with van der Waals surface area (Å²) in [5, 5.41) is 5.15. The lowest BCUT2D eigenvalue weighted by Gasteiger charge is -2.17. The van der Waals surface area contributed by atoms with Gasteiger partial charge in [-0.2, -0.15) is 0 Å². The van der Waals surface area contributed by atoms with Gasteiger partial charge in [-0.05, 0) is 19.1 Å². The van der Waals surface area contributed by atoms with Gasteiger partial charge in [-0.25, -0.2) is 13.6 Å². The number of nitrogens with two attached hydrogens (primary N) is 1. The van der Waals surface area contributed by atoms with E-state index in [2.05, 4.69) is 0 Å². The highest BCUT2D eigenvalue weighted by Crippen LogP contribution is 2.35. The van der Waals surface area contributed by atoms with Gasteiger partial charge in [0.1, 0.15) is 4.90 Å². The number of hydrogen-bond acceptors (Lipinski definition) is 5. The fourth-order valence-corrected chi connectivity index (χ4v) is 2.36. The van der Waals surface area contributed by atoms with Crippen molar-refractivity contribution in [3.8, 4) is 11.5 Å². The normalized spacial score (nSPS) is 11.1. The van der Waals surface area contributed by atoms with E-state index < -0.39 is 10.0 Å². The van der Waals surface area contributed by atoms with Crippen molar-refractivity contribution in [2.75, 3.05) is 27.8 Å². The molecule has 0 saturated carbocycles. The van der Waals surface area contributed by atoms with E-state index in [1.54, 1.807) is 14.0 Å². The van der Waals surface area contributed by atoms with E-state index in [-0.39, 0.29) is 27.9 Å². The van der Waals surface area contributed by atoms with Crippen LogP contribution in [0.1, 0.15) is 17.3 Å². The lowest BCUT2D eigenvalue weighted by molar-refractivity contribution is 0.0801. The molecule has 1 amide bonds. The Kier molecular flexibility index (Phi) is 4.96. The SMILES string of the molecule is CCN(C)C(=O)c1cc(OC)c(OC)c(S(N)(=O)=O)c1. The molecule has 0 aromatic heterocycles. The van der Waals surface area contributed by atoms with E-state index in [1.807, 2.05) is 0 Å². The predicted molar refractivity (Wildman–Crippen MR) is 73.6 cm³/mol. The second-order valence-corrected chi connectivity index (χ2v) is 5.60. The van der Waals surface area contributed by atoms with Gasteiger partial charge in [-0.3, -0.25) is 4.79 Å². The Morgan fingerprint density at radius 1 is 1.30 bits per heavy atom. The molecule has 0 aliphatic rings. The highest BCUT2D eigenvalue weighted by molar-refractivity contribution is 7.89. The molecule has 7 nitrogen and oxygen atoms in total. The van der Waals surface area contributed by atoms with Crippen molar-refractivity contribution in [2.24, 2.45) is 5.14 Å². The molecule has 0 spiro atoms. The average Bonchev–Trinajstić information content (AvgIpc) is 2.42. The van der Waals surface area contributed by atoms with Crippen LogP contribution in [0.4, 0.5) is 0 Å². The van der Waals surface area contributed by atoms with E-state index in [0.717, 1.165) is 0 Å². The van der Waals surface area contributed by atoms with Gasteiger partial charge in [0.15, 0.2) is 11.5 Å². The fraction of sp³-hybridized carbons (Fsp3) is 0.417. The Morgan fingerprint density at radius 2 is 1.90 bits per heavy atom. The summed E-state index contributed by atoms with van der Waals surface area (Å²) in [7, 11) is 0.212. The van der Waals surface area contributed by atoms with Crippen molar-refractivity contribution in [3.63, 3.8) is 0 Å². The molecule has 1 aromatic rings. The summed E-state index contributed by atoms with van der Waals surface area (Å²) in [6.45, 7) is 2.29. The smallest absolute Gasteiger partial charge is 0.253 e. The quantitative estimate of drug-likeness (QED) is 0.851. The van der Waals surface area contributed by atoms with Gasteiger partial charge in [0, 0.05) is 19.2 Å². The first kappa shape index (κ1) is 16.3. The molecule has 0 unspecified atom stereocenters. The van der Waals surface area contributed by atoms with Crippen LogP contribution in [-0.4, -0.2) is 47.0 Å². The van der Waals surface area contributed by atoms with Gasteiger partial charge in [-0.1, -0.05) is 0 Å². The molecule has 1 aromatic carbocycles. The van der Waals surface area contributed by atoms with Gasteiger partial charge in [0.05, 0.1) is 14.2 Å². The highest BCUT2D eigenvalue weighted by atomic mass is 32.2. The number of hydrogen-bond donors (Lipinski definition) is 1. The molecule has 0 heterocycles. The third kappa shape index (κ3) is 3.20. The highest BCUT2D eigenvalue weighted by Gasteiger charge is 2.23. The molecule has 0 saturated heterocycles. The molecule has 20 heavy (non-hydrogen) atoms. The Balaban J connectivity index is 3.56. The molecule has 0 atom stereocenters. The zero-order valence-electron chi connectivity index (χ0n) is 11.8. The summed E-state index contributed by atoms with van der Waals surface area (Å²) < 4.78 is 33.3. The molecule has 8 heteroatoms. The van der Waals surface area contributed by atoms with E-state index in [9.17, 15) is 13.2 Å². The number of methoxy groups -OCH3 is 2. The molecule has 0 aliphatic carbocycles. The summed E-state index contributed by atoms with van der Waals surface area (Å²) in [5.41, 5.74) is 0.163. The topological polar surface area (TPSA) is 98.9 Å². The second-order valence-electron chi connectivity index (χ2n) is 4.07. The van der Waals surface area contributed by atoms with Crippen LogP contribution in [0.15, 0.2) is 17.0 Å². The van der Waals surface area contributed by atoms with Crippen molar-refractivity contribution >= 4 is 15.9 Å². The zero-order valence-corrected chi connectivity index (χ0v) is 12.7. The minimum atomic E-state index is -4.04. The zero-order chi connectivity index (χ0) is 15.5. The third-order valence-electron chi connectivity index (χ3n) is 2.82. The monoisotopic (exact) mass is 302 g/mol. The minimum absolute atomic E-state index is 0.0225. The maximum absolute atomic E-state index is 12.1. The standard InChI is InChI=1S/C12H18N2O5S/c1-5-14(2)12(15)8-6-9(18-3)11(19-4)10(7-8)20(13,16)17/h6-7H,5H2,1-4H3,(H2,13,16,17). The lowest BCUT2D eigenvalue weighted by atomic mass is 10.1. The minimum Gasteiger partial charge on any atom is -0.493 e. The van der Waals surface area contributed by atoms with E-state index in [4.69, 9.17) is 14.6 Å². The molecule has 0 aliphatic heterocycles. The third-order valence-corrected chi connectivity index (χ3v) is 3.74. The summed E-state index contributed by atoms with van der Waals surface area (Å²) in [4.78, 5) is 13.3. The number of carbonyl (C=O) groups excluding carboxylic acids is 1. The van der Waals surface area contributed by atoms with Crippen LogP contribution in [-0.2, 0) is 10.0 Å². The largest absolute Gasteiger partial charge is 0.493 e. The number of rotatable bonds is 5. The van der Waals surface area contributed by atoms with E-state index >= 15 is 0 Å². The van der Waals surface area contributed by atoms with Gasteiger partial charge < -0.3 is 14.4 Å². The van der Waals surface area contributed by atoms with Crippen LogP contribution in [0, 0.1) is 0 Å². The number of nitrogens with zero attached hydrogens (tertiary/aromatic N) is 1. The number of ether oxygens (including phenoxy) is 2. The summed E-state index contributed by atoms with van der Waals surface area (Å²) in [5.74, 6) is -0.226. The molecule has 1 rings (SSSR count). The number of benzene rings is 1. The van der Waals surface area contributed by atoms with Crippen LogP contribution in [0.2, 0.25) is 0 Å². The Morgan fingerprint density at radius 3 is 2.30 bits per heavy atom. The number of primary sulfonamides is 1. The van der Waals surface area contributed by atoms with Crippen molar-refractivity contribution < 1.29 is 22.7 Å². The molecule has 2 N–H and O–H groups in total. The first-order chi connectivity index (χ1) is 9.26. The van der Waals surface area contributed by atoms with Crippen LogP contribution < -0.4 is 14.6 Å². The molecule has 0 radical (unpaired) electrons. The fourth-order valence-electron chi connectivity index (χ4n) is 1.63. The van der Waals surface area contributed by atoms with Gasteiger partial charge in [0.2, 0.25) is 10.0 Å². The summed E-state index contributed by atoms with van der Waals surface area (Å²) in [6.07, 6.45) is 0. The van der Waals surface area contributed by atoms with E-state index in [1.165, 1.54) is 31.3 Å². The second kappa shape index (κ2) is 6.10. The molecule has 0 fully saturated rings. The Labute approximate surface area is 118 Å². The van der Waals surface area contributed by atoms with E-state index in [0.29, 0.717) is 6.54 Å². The van der Waals surface area contributed by atoms with Crippen molar-refractivity contribution in [3.05, 3.63) is 17.7 Å². The Bertz CT molecular complexity index is 613. The maximum Gasteiger partial charge on any atom is 0.253 e. The van der Waals surface area contributed by atoms with Crippen LogP contribution in [0.25, 0.3) is 0 Å². The van der Waals surface area contributed by atoms with Gasteiger partial charge in [0.25, 0.3) is 5.91 Å². The first-order valence-corrected chi connectivity index (χ1v) is 7.35. The van der Waals surface area contributed by atoms with Crippen molar-refractivity contribution in [2.45, 2.75) is 11.8 Å². The number of amides is 1. The van der Waals surface area contributed by atoms with Gasteiger partial charge in [-0.15, -0.1) is 0 Å².